The van der Waals surface area contributed by atoms with Gasteiger partial charge in [0.1, 0.15) is 0 Å². The molecular formula is C14H23N3O2. The number of aliphatic hydroxyl groups is 1. The Bertz CT molecular complexity index is 426. The van der Waals surface area contributed by atoms with Crippen molar-refractivity contribution < 1.29 is 9.84 Å². The number of hydrogen-bond donors (Lipinski definition) is 1. The van der Waals surface area contributed by atoms with Crippen molar-refractivity contribution in [3.8, 4) is 0 Å². The zero-order valence-corrected chi connectivity index (χ0v) is 11.6. The summed E-state index contributed by atoms with van der Waals surface area (Å²) in [5.74, 6) is 0. The predicted octanol–water partition coefficient (Wildman–Crippen LogP) is 1.02. The molecule has 0 aromatic carbocycles. The molecule has 5 nitrogen and oxygen atoms in total. The maximum atomic E-state index is 10.4. The van der Waals surface area contributed by atoms with Crippen LogP contribution < -0.4 is 0 Å². The molecule has 1 aromatic rings. The summed E-state index contributed by atoms with van der Waals surface area (Å²) in [6.07, 6.45) is 6.69. The van der Waals surface area contributed by atoms with E-state index in [1.54, 1.807) is 0 Å². The average Bonchev–Trinajstić information content (AvgIpc) is 3.04. The van der Waals surface area contributed by atoms with Gasteiger partial charge in [-0.2, -0.15) is 5.10 Å². The van der Waals surface area contributed by atoms with Gasteiger partial charge in [0, 0.05) is 44.5 Å². The van der Waals surface area contributed by atoms with Gasteiger partial charge in [0.25, 0.3) is 0 Å². The molecule has 5 heteroatoms. The Morgan fingerprint density at radius 1 is 1.53 bits per heavy atom. The van der Waals surface area contributed by atoms with E-state index in [1.165, 1.54) is 5.56 Å². The highest BCUT2D eigenvalue weighted by Gasteiger charge is 2.45. The molecule has 106 valence electrons. The van der Waals surface area contributed by atoms with Gasteiger partial charge < -0.3 is 9.84 Å². The van der Waals surface area contributed by atoms with E-state index in [4.69, 9.17) is 4.74 Å². The van der Waals surface area contributed by atoms with Crippen LogP contribution in [0.15, 0.2) is 12.4 Å². The number of piperidine rings is 1. The van der Waals surface area contributed by atoms with Crippen LogP contribution in [-0.4, -0.2) is 51.2 Å². The molecule has 1 N–H and O–H groups in total. The minimum Gasteiger partial charge on any atom is -0.389 e. The number of aliphatic hydroxyl groups excluding tert-OH is 1. The van der Waals surface area contributed by atoms with Crippen LogP contribution >= 0.6 is 0 Å². The highest BCUT2D eigenvalue weighted by Crippen LogP contribution is 2.36. The maximum absolute atomic E-state index is 10.4. The average molecular weight is 265 g/mol. The molecule has 2 saturated heterocycles. The lowest BCUT2D eigenvalue weighted by Gasteiger charge is -2.42. The Balaban J connectivity index is 1.59. The van der Waals surface area contributed by atoms with Gasteiger partial charge in [0.2, 0.25) is 0 Å². The fourth-order valence-corrected chi connectivity index (χ4v) is 3.26. The molecular weight excluding hydrogens is 242 g/mol. The van der Waals surface area contributed by atoms with E-state index in [0.717, 1.165) is 45.5 Å². The van der Waals surface area contributed by atoms with Gasteiger partial charge in [-0.1, -0.05) is 0 Å². The molecule has 2 aliphatic heterocycles. The van der Waals surface area contributed by atoms with Crippen LogP contribution in [-0.2, 0) is 17.8 Å². The Hall–Kier alpha value is -0.910. The first kappa shape index (κ1) is 13.1. The van der Waals surface area contributed by atoms with E-state index in [-0.39, 0.29) is 11.7 Å². The molecule has 0 bridgehead atoms. The summed E-state index contributed by atoms with van der Waals surface area (Å²) in [5, 5.41) is 14.7. The van der Waals surface area contributed by atoms with E-state index in [1.807, 2.05) is 10.9 Å². The summed E-state index contributed by atoms with van der Waals surface area (Å²) in [4.78, 5) is 2.30. The second-order valence-corrected chi connectivity index (χ2v) is 5.72. The number of likely N-dealkylation sites (tertiary alicyclic amines) is 1. The summed E-state index contributed by atoms with van der Waals surface area (Å²) in [6, 6.07) is 0. The maximum Gasteiger partial charge on any atom is 0.0965 e. The topological polar surface area (TPSA) is 50.5 Å². The summed E-state index contributed by atoms with van der Waals surface area (Å²) in [5.41, 5.74) is 0.974. The van der Waals surface area contributed by atoms with Crippen molar-refractivity contribution in [2.24, 2.45) is 0 Å². The normalized spacial score (nSPS) is 32.2. The Morgan fingerprint density at radius 2 is 2.42 bits per heavy atom. The lowest BCUT2D eigenvalue weighted by atomic mass is 9.86. The third-order valence-corrected chi connectivity index (χ3v) is 4.44. The third-order valence-electron chi connectivity index (χ3n) is 4.44. The Labute approximate surface area is 114 Å². The van der Waals surface area contributed by atoms with Crippen LogP contribution in [0.2, 0.25) is 0 Å². The van der Waals surface area contributed by atoms with E-state index in [0.29, 0.717) is 6.54 Å². The number of nitrogens with zero attached hydrogens (tertiary/aromatic N) is 3. The molecule has 19 heavy (non-hydrogen) atoms. The van der Waals surface area contributed by atoms with E-state index >= 15 is 0 Å². The third kappa shape index (κ3) is 2.55. The summed E-state index contributed by atoms with van der Waals surface area (Å²) >= 11 is 0. The first-order valence-electron chi connectivity index (χ1n) is 7.27. The van der Waals surface area contributed by atoms with Crippen molar-refractivity contribution in [2.75, 3.05) is 19.7 Å². The number of hydrogen-bond acceptors (Lipinski definition) is 4. The first-order valence-corrected chi connectivity index (χ1v) is 7.27. The van der Waals surface area contributed by atoms with Crippen LogP contribution in [0.3, 0.4) is 0 Å². The summed E-state index contributed by atoms with van der Waals surface area (Å²) in [7, 11) is 0. The van der Waals surface area contributed by atoms with Crippen molar-refractivity contribution in [3.63, 3.8) is 0 Å². The minimum absolute atomic E-state index is 0.246. The number of aryl methyl sites for hydroxylation is 1. The van der Waals surface area contributed by atoms with Crippen LogP contribution in [0.4, 0.5) is 0 Å². The van der Waals surface area contributed by atoms with Gasteiger partial charge in [-0.3, -0.25) is 9.58 Å². The number of ether oxygens (including phenoxy) is 1. The summed E-state index contributed by atoms with van der Waals surface area (Å²) in [6.45, 7) is 6.36. The monoisotopic (exact) mass is 265 g/mol. The van der Waals surface area contributed by atoms with Gasteiger partial charge in [-0.15, -0.1) is 0 Å². The van der Waals surface area contributed by atoms with Crippen molar-refractivity contribution in [2.45, 2.75) is 51.0 Å². The van der Waals surface area contributed by atoms with Crippen LogP contribution in [0.1, 0.15) is 31.7 Å². The fraction of sp³-hybridized carbons (Fsp3) is 0.786. The molecule has 0 unspecified atom stereocenters. The van der Waals surface area contributed by atoms with E-state index in [2.05, 4.69) is 23.1 Å². The second kappa shape index (κ2) is 5.23. The van der Waals surface area contributed by atoms with Gasteiger partial charge >= 0.3 is 0 Å². The van der Waals surface area contributed by atoms with Crippen molar-refractivity contribution in [1.29, 1.82) is 0 Å². The number of rotatable bonds is 3. The molecule has 0 saturated carbocycles. The second-order valence-electron chi connectivity index (χ2n) is 5.72. The highest BCUT2D eigenvalue weighted by molar-refractivity contribution is 5.05. The van der Waals surface area contributed by atoms with Crippen molar-refractivity contribution in [3.05, 3.63) is 18.0 Å². The molecule has 2 fully saturated rings. The molecule has 2 atom stereocenters. The molecule has 0 radical (unpaired) electrons. The van der Waals surface area contributed by atoms with Crippen LogP contribution in [0.5, 0.6) is 0 Å². The smallest absolute Gasteiger partial charge is 0.0965 e. The SMILES string of the molecule is CCn1cc(CN2CC[C@@]3(CCCO3)[C@@H](O)C2)cn1. The van der Waals surface area contributed by atoms with Gasteiger partial charge in [0.05, 0.1) is 17.9 Å². The largest absolute Gasteiger partial charge is 0.389 e. The van der Waals surface area contributed by atoms with Gasteiger partial charge in [0.15, 0.2) is 0 Å². The standard InChI is InChI=1S/C14H23N3O2/c1-2-17-10-12(8-15-17)9-16-6-5-14(13(18)11-16)4-3-7-19-14/h8,10,13,18H,2-7,9,11H2,1H3/t13-,14-/m0/s1. The number of aromatic nitrogens is 2. The number of β-amino-alcohol motifs (C(OH)–C–C–N with tert-alkyl or cyclic N) is 1. The zero-order valence-electron chi connectivity index (χ0n) is 11.6. The van der Waals surface area contributed by atoms with Crippen molar-refractivity contribution in [1.82, 2.24) is 14.7 Å². The van der Waals surface area contributed by atoms with Gasteiger partial charge in [-0.05, 0) is 26.2 Å². The molecule has 2 aliphatic rings. The Morgan fingerprint density at radius 3 is 3.05 bits per heavy atom. The molecule has 0 amide bonds. The van der Waals surface area contributed by atoms with Crippen LogP contribution in [0.25, 0.3) is 0 Å². The quantitative estimate of drug-likeness (QED) is 0.886. The predicted molar refractivity (Wildman–Crippen MR) is 71.7 cm³/mol. The fourth-order valence-electron chi connectivity index (χ4n) is 3.26. The zero-order chi connectivity index (χ0) is 13.3. The lowest BCUT2D eigenvalue weighted by Crippen LogP contribution is -2.54. The van der Waals surface area contributed by atoms with Crippen molar-refractivity contribution >= 4 is 0 Å². The van der Waals surface area contributed by atoms with E-state index < -0.39 is 0 Å². The molecule has 3 heterocycles. The van der Waals surface area contributed by atoms with Crippen LogP contribution in [0, 0.1) is 0 Å². The van der Waals surface area contributed by atoms with E-state index in [9.17, 15) is 5.11 Å². The molecule has 3 rings (SSSR count). The first-order chi connectivity index (χ1) is 9.22. The molecule has 1 aromatic heterocycles. The molecule has 0 aliphatic carbocycles. The summed E-state index contributed by atoms with van der Waals surface area (Å²) < 4.78 is 7.76. The Kier molecular flexibility index (Phi) is 3.60. The molecule has 1 spiro atoms. The minimum atomic E-state index is -0.357. The highest BCUT2D eigenvalue weighted by atomic mass is 16.5. The van der Waals surface area contributed by atoms with Gasteiger partial charge in [-0.25, -0.2) is 0 Å². The lowest BCUT2D eigenvalue weighted by molar-refractivity contribution is -0.130.